The van der Waals surface area contributed by atoms with Gasteiger partial charge < -0.3 is 9.30 Å². The predicted octanol–water partition coefficient (Wildman–Crippen LogP) is 3.97. The lowest BCUT2D eigenvalue weighted by Gasteiger charge is -2.28. The molecule has 4 rings (SSSR count). The Morgan fingerprint density at radius 3 is 2.45 bits per heavy atom. The molecule has 1 aromatic heterocycles. The van der Waals surface area contributed by atoms with E-state index < -0.39 is 5.60 Å². The highest BCUT2D eigenvalue weighted by Crippen LogP contribution is 2.38. The first-order valence-corrected chi connectivity index (χ1v) is 7.26. The van der Waals surface area contributed by atoms with Crippen molar-refractivity contribution in [1.82, 2.24) is 4.57 Å². The molecule has 0 saturated carbocycles. The molecule has 0 N–H and O–H groups in total. The molecule has 0 spiro atoms. The number of para-hydroxylation sites is 2. The number of hydrogen-bond donors (Lipinski definition) is 0. The van der Waals surface area contributed by atoms with Gasteiger partial charge in [-0.25, -0.2) is 0 Å². The molecule has 0 unspecified atom stereocenters. The maximum Gasteiger partial charge on any atom is 0.227 e. The summed E-state index contributed by atoms with van der Waals surface area (Å²) in [6.45, 7) is 1.84. The van der Waals surface area contributed by atoms with E-state index in [4.69, 9.17) is 4.74 Å². The van der Waals surface area contributed by atoms with Gasteiger partial charge in [0.15, 0.2) is 5.60 Å². The van der Waals surface area contributed by atoms with Gasteiger partial charge in [-0.2, -0.15) is 0 Å². The van der Waals surface area contributed by atoms with Gasteiger partial charge in [0.25, 0.3) is 0 Å². The van der Waals surface area contributed by atoms with Crippen LogP contribution in [0.25, 0.3) is 5.69 Å². The number of Topliss-reactive ketones (excluding diaryl/α,β-unsaturated/α-hetero) is 1. The van der Waals surface area contributed by atoms with Crippen molar-refractivity contribution >= 4 is 5.78 Å². The summed E-state index contributed by atoms with van der Waals surface area (Å²) in [6.07, 6.45) is 1.90. The van der Waals surface area contributed by atoms with Crippen LogP contribution in [0.5, 0.6) is 5.75 Å². The van der Waals surface area contributed by atoms with Crippen LogP contribution >= 0.6 is 0 Å². The van der Waals surface area contributed by atoms with E-state index in [9.17, 15) is 4.79 Å². The van der Waals surface area contributed by atoms with Crippen LogP contribution in [0.15, 0.2) is 72.9 Å². The Morgan fingerprint density at radius 1 is 0.909 bits per heavy atom. The Balaban J connectivity index is 2.00. The van der Waals surface area contributed by atoms with Crippen molar-refractivity contribution in [3.05, 3.63) is 84.2 Å². The lowest BCUT2D eigenvalue weighted by atomic mass is 9.89. The molecule has 0 fully saturated rings. The highest BCUT2D eigenvalue weighted by molar-refractivity contribution is 6.03. The van der Waals surface area contributed by atoms with Gasteiger partial charge in [-0.1, -0.05) is 42.5 Å². The van der Waals surface area contributed by atoms with Crippen LogP contribution in [0.3, 0.4) is 0 Å². The average molecular weight is 289 g/mol. The first-order valence-electron chi connectivity index (χ1n) is 7.26. The number of aromatic nitrogens is 1. The topological polar surface area (TPSA) is 31.2 Å². The van der Waals surface area contributed by atoms with Crippen LogP contribution < -0.4 is 4.74 Å². The zero-order valence-electron chi connectivity index (χ0n) is 12.2. The van der Waals surface area contributed by atoms with E-state index in [1.54, 1.807) is 0 Å². The molecule has 1 aliphatic rings. The number of rotatable bonds is 1. The fourth-order valence-electron chi connectivity index (χ4n) is 2.98. The van der Waals surface area contributed by atoms with Gasteiger partial charge in [0.05, 0.1) is 11.4 Å². The third-order valence-electron chi connectivity index (χ3n) is 4.18. The molecule has 22 heavy (non-hydrogen) atoms. The van der Waals surface area contributed by atoms with Crippen molar-refractivity contribution in [3.8, 4) is 11.4 Å². The van der Waals surface area contributed by atoms with Crippen molar-refractivity contribution in [2.75, 3.05) is 0 Å². The minimum Gasteiger partial charge on any atom is -0.472 e. The summed E-state index contributed by atoms with van der Waals surface area (Å²) in [5.41, 5.74) is 1.33. The number of fused-ring (bicyclic) bond motifs is 3. The van der Waals surface area contributed by atoms with Gasteiger partial charge in [-0.05, 0) is 31.2 Å². The monoisotopic (exact) mass is 289 g/mol. The maximum absolute atomic E-state index is 13.1. The Hall–Kier alpha value is -2.81. The molecule has 3 aromatic rings. The second-order valence-corrected chi connectivity index (χ2v) is 5.56. The number of benzene rings is 2. The van der Waals surface area contributed by atoms with Gasteiger partial charge >= 0.3 is 0 Å². The minimum atomic E-state index is -1.04. The highest BCUT2D eigenvalue weighted by atomic mass is 16.5. The van der Waals surface area contributed by atoms with Crippen LogP contribution in [0.1, 0.15) is 23.0 Å². The molecule has 3 nitrogen and oxygen atoms in total. The summed E-state index contributed by atoms with van der Waals surface area (Å²) in [7, 11) is 0. The van der Waals surface area contributed by atoms with Gasteiger partial charge in [0.1, 0.15) is 5.75 Å². The normalized spacial score (nSPS) is 19.8. The van der Waals surface area contributed by atoms with E-state index in [1.165, 1.54) is 0 Å². The summed E-state index contributed by atoms with van der Waals surface area (Å²) in [5.74, 6) is 0.664. The lowest BCUT2D eigenvalue weighted by molar-refractivity contribution is 0.0518. The summed E-state index contributed by atoms with van der Waals surface area (Å²) in [4.78, 5) is 13.1. The van der Waals surface area contributed by atoms with Crippen LogP contribution in [-0.4, -0.2) is 10.4 Å². The molecule has 0 amide bonds. The molecule has 0 bridgehead atoms. The summed E-state index contributed by atoms with van der Waals surface area (Å²) >= 11 is 0. The quantitative estimate of drug-likeness (QED) is 0.679. The molecule has 108 valence electrons. The number of nitrogens with zero attached hydrogens (tertiary/aromatic N) is 1. The van der Waals surface area contributed by atoms with E-state index in [0.29, 0.717) is 11.4 Å². The van der Waals surface area contributed by atoms with Crippen LogP contribution in [0, 0.1) is 0 Å². The highest BCUT2D eigenvalue weighted by Gasteiger charge is 2.42. The molecule has 1 atom stereocenters. The number of carbonyl (C=O) groups excluding carboxylic acids is 1. The third kappa shape index (κ3) is 1.72. The van der Waals surface area contributed by atoms with Crippen molar-refractivity contribution in [1.29, 1.82) is 0 Å². The summed E-state index contributed by atoms with van der Waals surface area (Å²) < 4.78 is 8.11. The molecule has 3 heteroatoms. The van der Waals surface area contributed by atoms with E-state index in [2.05, 4.69) is 0 Å². The molecule has 1 aliphatic heterocycles. The number of hydrogen-bond acceptors (Lipinski definition) is 2. The summed E-state index contributed by atoms with van der Waals surface area (Å²) in [6, 6.07) is 21.1. The maximum atomic E-state index is 13.1. The standard InChI is InChI=1S/C19H15NO2/c1-19(14-8-3-2-4-9-14)18(21)16-11-7-13-20(16)15-10-5-6-12-17(15)22-19/h2-13H,1H3/t19-/m1/s1. The van der Waals surface area contributed by atoms with E-state index in [0.717, 1.165) is 11.3 Å². The fourth-order valence-corrected chi connectivity index (χ4v) is 2.98. The van der Waals surface area contributed by atoms with E-state index in [1.807, 2.05) is 84.4 Å². The summed E-state index contributed by atoms with van der Waals surface area (Å²) in [5, 5.41) is 0. The zero-order valence-corrected chi connectivity index (χ0v) is 12.2. The molecule has 2 aromatic carbocycles. The van der Waals surface area contributed by atoms with Gasteiger partial charge in [0.2, 0.25) is 5.78 Å². The molecule has 2 heterocycles. The molecule has 0 saturated heterocycles. The van der Waals surface area contributed by atoms with Gasteiger partial charge in [0, 0.05) is 11.8 Å². The van der Waals surface area contributed by atoms with Gasteiger partial charge in [-0.3, -0.25) is 4.79 Å². The molecule has 0 aliphatic carbocycles. The van der Waals surface area contributed by atoms with Crippen molar-refractivity contribution in [2.45, 2.75) is 12.5 Å². The third-order valence-corrected chi connectivity index (χ3v) is 4.18. The number of carbonyl (C=O) groups is 1. The van der Waals surface area contributed by atoms with Crippen molar-refractivity contribution in [2.24, 2.45) is 0 Å². The number of ether oxygens (including phenoxy) is 1. The molecular formula is C19H15NO2. The lowest BCUT2D eigenvalue weighted by Crippen LogP contribution is -2.38. The van der Waals surface area contributed by atoms with Crippen molar-refractivity contribution in [3.63, 3.8) is 0 Å². The first kappa shape index (κ1) is 12.9. The molecular weight excluding hydrogens is 274 g/mol. The van der Waals surface area contributed by atoms with E-state index >= 15 is 0 Å². The fraction of sp³-hybridized carbons (Fsp3) is 0.105. The Bertz CT molecular complexity index is 851. The van der Waals surface area contributed by atoms with E-state index in [-0.39, 0.29) is 5.78 Å². The average Bonchev–Trinajstić information content (AvgIpc) is 3.01. The predicted molar refractivity (Wildman–Crippen MR) is 84.5 cm³/mol. The smallest absolute Gasteiger partial charge is 0.227 e. The SMILES string of the molecule is C[C@]1(c2ccccc2)Oc2ccccc2-n2cccc2C1=O. The van der Waals surface area contributed by atoms with Crippen LogP contribution in [0.4, 0.5) is 0 Å². The molecule has 0 radical (unpaired) electrons. The minimum absolute atomic E-state index is 0.0418. The Kier molecular flexibility index (Phi) is 2.70. The van der Waals surface area contributed by atoms with Crippen molar-refractivity contribution < 1.29 is 9.53 Å². The largest absolute Gasteiger partial charge is 0.472 e. The Morgan fingerprint density at radius 2 is 1.64 bits per heavy atom. The van der Waals surface area contributed by atoms with Crippen LogP contribution in [0.2, 0.25) is 0 Å². The van der Waals surface area contributed by atoms with Gasteiger partial charge in [-0.15, -0.1) is 0 Å². The second-order valence-electron chi connectivity index (χ2n) is 5.56. The zero-order chi connectivity index (χ0) is 15.2. The first-order chi connectivity index (χ1) is 10.7. The number of ketones is 1. The Labute approximate surface area is 128 Å². The van der Waals surface area contributed by atoms with Crippen LogP contribution in [-0.2, 0) is 5.60 Å². The second kappa shape index (κ2) is 4.60.